The van der Waals surface area contributed by atoms with Gasteiger partial charge in [-0.25, -0.2) is 0 Å². The summed E-state index contributed by atoms with van der Waals surface area (Å²) in [5.74, 6) is 0.319. The third-order valence-corrected chi connectivity index (χ3v) is 5.93. The Morgan fingerprint density at radius 1 is 0.968 bits per heavy atom. The molecule has 1 aromatic heterocycles. The lowest BCUT2D eigenvalue weighted by molar-refractivity contribution is -0.127. The molecule has 1 fully saturated rings. The number of hydrogen-bond donors (Lipinski definition) is 0. The third-order valence-electron chi connectivity index (χ3n) is 5.93. The first-order valence-electron chi connectivity index (χ1n) is 11.9. The van der Waals surface area contributed by atoms with Gasteiger partial charge in [-0.15, -0.1) is 0 Å². The van der Waals surface area contributed by atoms with Crippen molar-refractivity contribution in [1.29, 1.82) is 0 Å². The van der Waals surface area contributed by atoms with Crippen molar-refractivity contribution in [3.05, 3.63) is 65.9 Å². The summed E-state index contributed by atoms with van der Waals surface area (Å²) in [5, 5.41) is 2.48. The van der Waals surface area contributed by atoms with E-state index in [0.717, 1.165) is 62.1 Å². The summed E-state index contributed by atoms with van der Waals surface area (Å²) in [6, 6.07) is 19.3. The van der Waals surface area contributed by atoms with Crippen molar-refractivity contribution >= 4 is 16.7 Å². The molecular formula is C28H36N2O. The molecule has 0 aliphatic carbocycles. The van der Waals surface area contributed by atoms with Gasteiger partial charge in [-0.05, 0) is 44.1 Å². The van der Waals surface area contributed by atoms with E-state index in [1.165, 1.54) is 29.2 Å². The van der Waals surface area contributed by atoms with Gasteiger partial charge in [-0.3, -0.25) is 9.78 Å². The fourth-order valence-electron chi connectivity index (χ4n) is 3.87. The number of amides is 1. The number of rotatable bonds is 7. The van der Waals surface area contributed by atoms with Crippen LogP contribution in [0.25, 0.3) is 22.0 Å². The molecule has 0 bridgehead atoms. The number of aryl methyl sites for hydroxylation is 2. The zero-order valence-electron chi connectivity index (χ0n) is 19.4. The van der Waals surface area contributed by atoms with E-state index < -0.39 is 0 Å². The summed E-state index contributed by atoms with van der Waals surface area (Å²) >= 11 is 0. The van der Waals surface area contributed by atoms with Crippen LogP contribution in [0.1, 0.15) is 63.6 Å². The number of pyridine rings is 1. The molecule has 0 atom stereocenters. The molecule has 1 amide bonds. The van der Waals surface area contributed by atoms with E-state index in [0.29, 0.717) is 5.91 Å². The minimum Gasteiger partial charge on any atom is -0.343 e. The van der Waals surface area contributed by atoms with E-state index in [4.69, 9.17) is 4.98 Å². The number of nitrogens with zero attached hydrogens (tertiary/aromatic N) is 2. The smallest absolute Gasteiger partial charge is 0.222 e. The van der Waals surface area contributed by atoms with Crippen LogP contribution in [0.15, 0.2) is 54.6 Å². The number of carbonyl (C=O) groups excluding carboxylic acids is 1. The Morgan fingerprint density at radius 3 is 2.39 bits per heavy atom. The van der Waals surface area contributed by atoms with Crippen LogP contribution in [0.5, 0.6) is 0 Å². The maximum absolute atomic E-state index is 11.8. The maximum atomic E-state index is 11.8. The van der Waals surface area contributed by atoms with E-state index in [2.05, 4.69) is 75.4 Å². The van der Waals surface area contributed by atoms with Crippen molar-refractivity contribution in [2.24, 2.45) is 0 Å². The highest BCUT2D eigenvalue weighted by molar-refractivity contribution is 5.88. The Kier molecular flexibility index (Phi) is 8.63. The summed E-state index contributed by atoms with van der Waals surface area (Å²) in [5.41, 5.74) is 4.63. The number of unbranched alkanes of at least 4 members (excludes halogenated alkanes) is 2. The van der Waals surface area contributed by atoms with Crippen LogP contribution in [-0.2, 0) is 11.2 Å². The zero-order chi connectivity index (χ0) is 22.1. The van der Waals surface area contributed by atoms with E-state index in [9.17, 15) is 4.79 Å². The van der Waals surface area contributed by atoms with Gasteiger partial charge in [-0.2, -0.15) is 0 Å². The standard InChI is InChI=1S/C24H26N2O.C4H10/c1-18-11-13-19(14-12-18)23-17-20-7-2-3-8-21(20)22(25-23)9-4-5-15-26-16-6-10-24(26)27;1-3-4-2/h2-3,7-8,11-14,17H,4-6,9-10,15-16H2,1H3;3-4H2,1-2H3. The van der Waals surface area contributed by atoms with Gasteiger partial charge in [0.25, 0.3) is 0 Å². The van der Waals surface area contributed by atoms with Gasteiger partial charge in [-0.1, -0.05) is 80.8 Å². The summed E-state index contributed by atoms with van der Waals surface area (Å²) < 4.78 is 0. The van der Waals surface area contributed by atoms with Crippen molar-refractivity contribution < 1.29 is 4.79 Å². The van der Waals surface area contributed by atoms with E-state index in [1.54, 1.807) is 0 Å². The Bertz CT molecular complexity index is 976. The number of fused-ring (bicyclic) bond motifs is 1. The van der Waals surface area contributed by atoms with Gasteiger partial charge in [0, 0.05) is 36.2 Å². The van der Waals surface area contributed by atoms with Crippen LogP contribution in [0, 0.1) is 6.92 Å². The first-order valence-corrected chi connectivity index (χ1v) is 11.9. The van der Waals surface area contributed by atoms with Crippen molar-refractivity contribution in [1.82, 2.24) is 9.88 Å². The zero-order valence-corrected chi connectivity index (χ0v) is 19.4. The van der Waals surface area contributed by atoms with Gasteiger partial charge in [0.2, 0.25) is 5.91 Å². The SMILES string of the molecule is CCCC.Cc1ccc(-c2cc3ccccc3c(CCCCN3CCCC3=O)n2)cc1. The predicted octanol–water partition coefficient (Wildman–Crippen LogP) is 6.96. The second-order valence-electron chi connectivity index (χ2n) is 8.48. The molecule has 4 rings (SSSR count). The number of likely N-dealkylation sites (tertiary alicyclic amines) is 1. The Labute approximate surface area is 187 Å². The Hall–Kier alpha value is -2.68. The lowest BCUT2D eigenvalue weighted by Gasteiger charge is -2.15. The minimum atomic E-state index is 0.319. The summed E-state index contributed by atoms with van der Waals surface area (Å²) in [6.07, 6.45) is 7.42. The van der Waals surface area contributed by atoms with E-state index in [-0.39, 0.29) is 0 Å². The second kappa shape index (κ2) is 11.6. The Balaban J connectivity index is 0.000000628. The topological polar surface area (TPSA) is 33.2 Å². The molecule has 0 N–H and O–H groups in total. The molecule has 2 heterocycles. The molecule has 0 unspecified atom stereocenters. The fourth-order valence-corrected chi connectivity index (χ4v) is 3.87. The van der Waals surface area contributed by atoms with Crippen LogP contribution in [0.3, 0.4) is 0 Å². The maximum Gasteiger partial charge on any atom is 0.222 e. The van der Waals surface area contributed by atoms with Crippen LogP contribution < -0.4 is 0 Å². The lowest BCUT2D eigenvalue weighted by atomic mass is 10.0. The van der Waals surface area contributed by atoms with Crippen LogP contribution in [-0.4, -0.2) is 28.9 Å². The molecule has 0 radical (unpaired) electrons. The number of aromatic nitrogens is 1. The number of carbonyl (C=O) groups is 1. The highest BCUT2D eigenvalue weighted by Gasteiger charge is 2.19. The van der Waals surface area contributed by atoms with E-state index >= 15 is 0 Å². The van der Waals surface area contributed by atoms with Gasteiger partial charge in [0.15, 0.2) is 0 Å². The molecule has 1 aliphatic heterocycles. The molecule has 0 saturated carbocycles. The van der Waals surface area contributed by atoms with Crippen LogP contribution in [0.4, 0.5) is 0 Å². The van der Waals surface area contributed by atoms with Crippen molar-refractivity contribution in [3.63, 3.8) is 0 Å². The molecule has 3 aromatic rings. The van der Waals surface area contributed by atoms with Gasteiger partial charge in [0.1, 0.15) is 0 Å². The van der Waals surface area contributed by atoms with Crippen molar-refractivity contribution in [3.8, 4) is 11.3 Å². The van der Waals surface area contributed by atoms with Gasteiger partial charge < -0.3 is 4.90 Å². The highest BCUT2D eigenvalue weighted by Crippen LogP contribution is 2.26. The average Bonchev–Trinajstić information content (AvgIpc) is 3.21. The molecular weight excluding hydrogens is 380 g/mol. The average molecular weight is 417 g/mol. The molecule has 1 aliphatic rings. The normalized spacial score (nSPS) is 13.4. The lowest BCUT2D eigenvalue weighted by Crippen LogP contribution is -2.25. The van der Waals surface area contributed by atoms with Crippen molar-refractivity contribution in [2.45, 2.75) is 65.7 Å². The minimum absolute atomic E-state index is 0.319. The number of hydrogen-bond acceptors (Lipinski definition) is 2. The van der Waals surface area contributed by atoms with Crippen LogP contribution >= 0.6 is 0 Å². The first-order chi connectivity index (χ1) is 15.1. The molecule has 3 heteroatoms. The quantitative estimate of drug-likeness (QED) is 0.390. The largest absolute Gasteiger partial charge is 0.343 e. The summed E-state index contributed by atoms with van der Waals surface area (Å²) in [6.45, 7) is 8.28. The second-order valence-corrected chi connectivity index (χ2v) is 8.48. The molecule has 2 aromatic carbocycles. The van der Waals surface area contributed by atoms with Crippen LogP contribution in [0.2, 0.25) is 0 Å². The molecule has 3 nitrogen and oxygen atoms in total. The Morgan fingerprint density at radius 2 is 1.71 bits per heavy atom. The molecule has 1 saturated heterocycles. The molecule has 31 heavy (non-hydrogen) atoms. The summed E-state index contributed by atoms with van der Waals surface area (Å²) in [4.78, 5) is 18.8. The monoisotopic (exact) mass is 416 g/mol. The van der Waals surface area contributed by atoms with Gasteiger partial charge in [0.05, 0.1) is 5.69 Å². The highest BCUT2D eigenvalue weighted by atomic mass is 16.2. The first kappa shape index (κ1) is 23.0. The molecule has 164 valence electrons. The van der Waals surface area contributed by atoms with Crippen molar-refractivity contribution in [2.75, 3.05) is 13.1 Å². The predicted molar refractivity (Wildman–Crippen MR) is 131 cm³/mol. The number of benzene rings is 2. The fraction of sp³-hybridized carbons (Fsp3) is 0.429. The third kappa shape index (κ3) is 6.40. The van der Waals surface area contributed by atoms with Gasteiger partial charge >= 0.3 is 0 Å². The molecule has 0 spiro atoms. The summed E-state index contributed by atoms with van der Waals surface area (Å²) in [7, 11) is 0. The van der Waals surface area contributed by atoms with E-state index in [1.807, 2.05) is 4.90 Å².